The number of hydrogen-bond acceptors (Lipinski definition) is 2. The summed E-state index contributed by atoms with van der Waals surface area (Å²) in [5.41, 5.74) is 1.04. The average Bonchev–Trinajstić information content (AvgIpc) is 3.12. The maximum atomic E-state index is 12.0. The number of benzene rings is 1. The molecule has 17 heavy (non-hydrogen) atoms. The van der Waals surface area contributed by atoms with Crippen LogP contribution in [0.15, 0.2) is 30.3 Å². The molecular formula is C15H20O2. The fourth-order valence-electron chi connectivity index (χ4n) is 2.73. The highest BCUT2D eigenvalue weighted by Gasteiger charge is 2.60. The van der Waals surface area contributed by atoms with Crippen molar-refractivity contribution in [2.24, 2.45) is 5.41 Å². The van der Waals surface area contributed by atoms with Crippen LogP contribution < -0.4 is 0 Å². The average molecular weight is 232 g/mol. The molecule has 2 atom stereocenters. The minimum atomic E-state index is -0.230. The van der Waals surface area contributed by atoms with Crippen molar-refractivity contribution in [3.63, 3.8) is 0 Å². The van der Waals surface area contributed by atoms with Crippen LogP contribution in [-0.2, 0) is 9.53 Å². The Labute approximate surface area is 103 Å². The number of ether oxygens (including phenoxy) is 1. The van der Waals surface area contributed by atoms with Gasteiger partial charge in [-0.2, -0.15) is 0 Å². The molecule has 1 fully saturated rings. The van der Waals surface area contributed by atoms with Crippen molar-refractivity contribution >= 4 is 5.97 Å². The van der Waals surface area contributed by atoms with Crippen LogP contribution in [0.3, 0.4) is 0 Å². The number of methoxy groups -OCH3 is 1. The highest BCUT2D eigenvalue weighted by atomic mass is 16.5. The normalized spacial score (nSPS) is 26.6. The standard InChI is InChI=1S/C15H20O2/c1-3-4-10-15(14(16)17-2)11-13(15)12-8-6-5-7-9-12/h5-9,13H,3-4,10-11H2,1-2H3. The van der Waals surface area contributed by atoms with Gasteiger partial charge in [0, 0.05) is 5.92 Å². The third kappa shape index (κ3) is 2.21. The van der Waals surface area contributed by atoms with Crippen LogP contribution in [0.2, 0.25) is 0 Å². The van der Waals surface area contributed by atoms with Crippen molar-refractivity contribution in [3.05, 3.63) is 35.9 Å². The quantitative estimate of drug-likeness (QED) is 0.726. The fraction of sp³-hybridized carbons (Fsp3) is 0.533. The van der Waals surface area contributed by atoms with Gasteiger partial charge in [0.05, 0.1) is 12.5 Å². The molecule has 0 radical (unpaired) electrons. The predicted molar refractivity (Wildman–Crippen MR) is 67.8 cm³/mol. The molecule has 2 unspecified atom stereocenters. The SMILES string of the molecule is CCCCC1(C(=O)OC)CC1c1ccccc1. The molecule has 1 aromatic rings. The van der Waals surface area contributed by atoms with E-state index in [0.717, 1.165) is 25.7 Å². The first-order valence-electron chi connectivity index (χ1n) is 6.38. The smallest absolute Gasteiger partial charge is 0.312 e. The van der Waals surface area contributed by atoms with Gasteiger partial charge in [0.15, 0.2) is 0 Å². The molecular weight excluding hydrogens is 212 g/mol. The Morgan fingerprint density at radius 3 is 2.71 bits per heavy atom. The van der Waals surface area contributed by atoms with Gasteiger partial charge in [0.25, 0.3) is 0 Å². The Balaban J connectivity index is 2.14. The molecule has 1 aromatic carbocycles. The van der Waals surface area contributed by atoms with E-state index in [1.807, 2.05) is 18.2 Å². The minimum Gasteiger partial charge on any atom is -0.469 e. The van der Waals surface area contributed by atoms with E-state index in [1.54, 1.807) is 0 Å². The Morgan fingerprint density at radius 1 is 1.41 bits per heavy atom. The number of esters is 1. The first-order chi connectivity index (χ1) is 8.24. The molecule has 0 aromatic heterocycles. The summed E-state index contributed by atoms with van der Waals surface area (Å²) in [5.74, 6) is 0.336. The molecule has 2 nitrogen and oxygen atoms in total. The second-order valence-electron chi connectivity index (χ2n) is 4.92. The molecule has 2 heteroatoms. The topological polar surface area (TPSA) is 26.3 Å². The molecule has 2 rings (SSSR count). The Bertz CT molecular complexity index is 385. The Hall–Kier alpha value is -1.31. The molecule has 0 aliphatic heterocycles. The maximum Gasteiger partial charge on any atom is 0.312 e. The zero-order valence-electron chi connectivity index (χ0n) is 10.6. The van der Waals surface area contributed by atoms with E-state index in [4.69, 9.17) is 4.74 Å². The number of rotatable bonds is 5. The van der Waals surface area contributed by atoms with Gasteiger partial charge in [-0.25, -0.2) is 0 Å². The molecule has 0 bridgehead atoms. The lowest BCUT2D eigenvalue weighted by Crippen LogP contribution is -2.19. The van der Waals surface area contributed by atoms with Gasteiger partial charge in [0.1, 0.15) is 0 Å². The monoisotopic (exact) mass is 232 g/mol. The second-order valence-corrected chi connectivity index (χ2v) is 4.92. The van der Waals surface area contributed by atoms with E-state index in [9.17, 15) is 4.79 Å². The molecule has 1 aliphatic rings. The van der Waals surface area contributed by atoms with Gasteiger partial charge >= 0.3 is 5.97 Å². The van der Waals surface area contributed by atoms with Crippen molar-refractivity contribution in [1.29, 1.82) is 0 Å². The van der Waals surface area contributed by atoms with E-state index < -0.39 is 0 Å². The van der Waals surface area contributed by atoms with Gasteiger partial charge in [-0.05, 0) is 18.4 Å². The van der Waals surface area contributed by atoms with Crippen LogP contribution in [0.25, 0.3) is 0 Å². The van der Waals surface area contributed by atoms with Crippen LogP contribution in [-0.4, -0.2) is 13.1 Å². The minimum absolute atomic E-state index is 0.0280. The lowest BCUT2D eigenvalue weighted by molar-refractivity contribution is -0.147. The van der Waals surface area contributed by atoms with Crippen LogP contribution in [0.1, 0.15) is 44.1 Å². The molecule has 0 N–H and O–H groups in total. The summed E-state index contributed by atoms with van der Waals surface area (Å²) in [7, 11) is 1.50. The van der Waals surface area contributed by atoms with Crippen LogP contribution in [0.5, 0.6) is 0 Å². The summed E-state index contributed by atoms with van der Waals surface area (Å²) < 4.78 is 4.99. The van der Waals surface area contributed by atoms with Crippen molar-refractivity contribution < 1.29 is 9.53 Å². The van der Waals surface area contributed by atoms with Gasteiger partial charge in [-0.1, -0.05) is 50.1 Å². The predicted octanol–water partition coefficient (Wildman–Crippen LogP) is 3.52. The zero-order chi connectivity index (χ0) is 12.3. The van der Waals surface area contributed by atoms with Gasteiger partial charge in [0.2, 0.25) is 0 Å². The molecule has 0 spiro atoms. The molecule has 1 aliphatic carbocycles. The fourth-order valence-corrected chi connectivity index (χ4v) is 2.73. The Morgan fingerprint density at radius 2 is 2.12 bits per heavy atom. The van der Waals surface area contributed by atoms with Crippen LogP contribution in [0.4, 0.5) is 0 Å². The lowest BCUT2D eigenvalue weighted by atomic mass is 9.93. The largest absolute Gasteiger partial charge is 0.469 e. The molecule has 1 saturated carbocycles. The molecule has 0 saturated heterocycles. The van der Waals surface area contributed by atoms with E-state index in [-0.39, 0.29) is 11.4 Å². The molecule has 0 heterocycles. The van der Waals surface area contributed by atoms with Crippen LogP contribution >= 0.6 is 0 Å². The first-order valence-corrected chi connectivity index (χ1v) is 6.38. The van der Waals surface area contributed by atoms with E-state index >= 15 is 0 Å². The summed E-state index contributed by atoms with van der Waals surface area (Å²) in [6, 6.07) is 10.3. The van der Waals surface area contributed by atoms with E-state index in [0.29, 0.717) is 5.92 Å². The third-order valence-corrected chi connectivity index (χ3v) is 3.85. The number of carbonyl (C=O) groups excluding carboxylic acids is 1. The van der Waals surface area contributed by atoms with Gasteiger partial charge in [-0.15, -0.1) is 0 Å². The summed E-state index contributed by atoms with van der Waals surface area (Å²) in [4.78, 5) is 12.0. The second kappa shape index (κ2) is 4.91. The summed E-state index contributed by atoms with van der Waals surface area (Å²) in [6.07, 6.45) is 4.12. The van der Waals surface area contributed by atoms with Crippen LogP contribution in [0, 0.1) is 5.41 Å². The van der Waals surface area contributed by atoms with Crippen molar-refractivity contribution in [2.45, 2.75) is 38.5 Å². The summed E-state index contributed by atoms with van der Waals surface area (Å²) in [5, 5.41) is 0. The van der Waals surface area contributed by atoms with Crippen molar-refractivity contribution in [1.82, 2.24) is 0 Å². The first kappa shape index (κ1) is 12.2. The third-order valence-electron chi connectivity index (χ3n) is 3.85. The molecule has 0 amide bonds. The highest BCUT2D eigenvalue weighted by Crippen LogP contribution is 2.62. The van der Waals surface area contributed by atoms with E-state index in [1.165, 1.54) is 12.7 Å². The Kier molecular flexibility index (Phi) is 3.51. The number of unbranched alkanes of at least 4 members (excludes halogenated alkanes) is 1. The molecule has 92 valence electrons. The maximum absolute atomic E-state index is 12.0. The van der Waals surface area contributed by atoms with Crippen molar-refractivity contribution in [2.75, 3.05) is 7.11 Å². The van der Waals surface area contributed by atoms with Crippen molar-refractivity contribution in [3.8, 4) is 0 Å². The summed E-state index contributed by atoms with van der Waals surface area (Å²) >= 11 is 0. The highest BCUT2D eigenvalue weighted by molar-refractivity contribution is 5.82. The van der Waals surface area contributed by atoms with Gasteiger partial charge < -0.3 is 4.74 Å². The number of carbonyl (C=O) groups is 1. The van der Waals surface area contributed by atoms with Gasteiger partial charge in [-0.3, -0.25) is 4.79 Å². The summed E-state index contributed by atoms with van der Waals surface area (Å²) in [6.45, 7) is 2.16. The lowest BCUT2D eigenvalue weighted by Gasteiger charge is -2.14. The zero-order valence-corrected chi connectivity index (χ0v) is 10.6. The van der Waals surface area contributed by atoms with E-state index in [2.05, 4.69) is 19.1 Å². The number of hydrogen-bond donors (Lipinski definition) is 0.